The van der Waals surface area contributed by atoms with Gasteiger partial charge in [0.05, 0.1) is 17.7 Å². The maximum Gasteiger partial charge on any atom is 0.239 e. The maximum atomic E-state index is 12.0. The molecule has 0 radical (unpaired) electrons. The van der Waals surface area contributed by atoms with Crippen LogP contribution in [0.4, 0.5) is 0 Å². The Morgan fingerprint density at radius 3 is 2.95 bits per heavy atom. The van der Waals surface area contributed by atoms with Gasteiger partial charge in [-0.3, -0.25) is 4.79 Å². The molecule has 5 nitrogen and oxygen atoms in total. The first-order valence-electron chi connectivity index (χ1n) is 6.58. The van der Waals surface area contributed by atoms with E-state index in [9.17, 15) is 4.79 Å². The minimum absolute atomic E-state index is 0.0862. The van der Waals surface area contributed by atoms with E-state index in [1.807, 2.05) is 24.3 Å². The largest absolute Gasteiger partial charge is 0.463 e. The van der Waals surface area contributed by atoms with Crippen molar-refractivity contribution in [2.75, 3.05) is 0 Å². The first kappa shape index (κ1) is 14.9. The van der Waals surface area contributed by atoms with Crippen LogP contribution in [-0.4, -0.2) is 22.5 Å². The van der Waals surface area contributed by atoms with E-state index in [2.05, 4.69) is 15.5 Å². The van der Waals surface area contributed by atoms with Gasteiger partial charge < -0.3 is 9.73 Å². The van der Waals surface area contributed by atoms with Crippen LogP contribution in [0, 0.1) is 0 Å². The highest BCUT2D eigenvalue weighted by Crippen LogP contribution is 2.26. The summed E-state index contributed by atoms with van der Waals surface area (Å²) in [5, 5.41) is 11.5. The fourth-order valence-electron chi connectivity index (χ4n) is 1.95. The summed E-state index contributed by atoms with van der Waals surface area (Å²) in [4.78, 5) is 12.0. The quantitative estimate of drug-likeness (QED) is 0.690. The van der Waals surface area contributed by atoms with Crippen LogP contribution in [0.25, 0.3) is 0 Å². The van der Waals surface area contributed by atoms with Gasteiger partial charge in [-0.15, -0.1) is 5.10 Å². The average molecular weight is 334 g/mol. The van der Waals surface area contributed by atoms with Crippen LogP contribution in [0.3, 0.4) is 0 Å². The van der Waals surface area contributed by atoms with E-state index in [0.717, 1.165) is 5.56 Å². The molecule has 0 spiro atoms. The van der Waals surface area contributed by atoms with Crippen LogP contribution < -0.4 is 5.32 Å². The Morgan fingerprint density at radius 1 is 1.32 bits per heavy atom. The molecule has 1 aromatic carbocycles. The van der Waals surface area contributed by atoms with Crippen LogP contribution in [0.2, 0.25) is 5.02 Å². The number of carbonyl (C=O) groups excluding carboxylic acids is 1. The van der Waals surface area contributed by atoms with E-state index < -0.39 is 0 Å². The minimum Gasteiger partial charge on any atom is -0.463 e. The van der Waals surface area contributed by atoms with Crippen LogP contribution in [0.1, 0.15) is 11.3 Å². The number of benzene rings is 1. The molecule has 22 heavy (non-hydrogen) atoms. The Hall–Kier alpha value is -2.05. The smallest absolute Gasteiger partial charge is 0.239 e. The SMILES string of the molecule is O=C1N/C(=N/N=C\c2ccco2)S[C@@H]1Cc1ccccc1Cl. The second-order valence-electron chi connectivity index (χ2n) is 4.56. The molecule has 3 rings (SSSR count). The van der Waals surface area contributed by atoms with Crippen molar-refractivity contribution in [1.29, 1.82) is 0 Å². The Balaban J connectivity index is 1.64. The average Bonchev–Trinajstić information content (AvgIpc) is 3.12. The van der Waals surface area contributed by atoms with Gasteiger partial charge in [-0.2, -0.15) is 5.10 Å². The van der Waals surface area contributed by atoms with Crippen molar-refractivity contribution in [3.63, 3.8) is 0 Å². The molecule has 1 N–H and O–H groups in total. The molecule has 2 aromatic rings. The molecule has 0 unspecified atom stereocenters. The standard InChI is InChI=1S/C15H12ClN3O2S/c16-12-6-2-1-4-10(12)8-13-14(20)18-15(22-13)19-17-9-11-5-3-7-21-11/h1-7,9,13H,8H2,(H,18,19,20)/b17-9-/t13-/m1/s1. The first-order valence-corrected chi connectivity index (χ1v) is 7.83. The minimum atomic E-state index is -0.252. The first-order chi connectivity index (χ1) is 10.7. The highest BCUT2D eigenvalue weighted by molar-refractivity contribution is 8.15. The molecule has 7 heteroatoms. The summed E-state index contributed by atoms with van der Waals surface area (Å²) in [6.45, 7) is 0. The van der Waals surface area contributed by atoms with Gasteiger partial charge in [0, 0.05) is 5.02 Å². The lowest BCUT2D eigenvalue weighted by atomic mass is 10.1. The third-order valence-electron chi connectivity index (χ3n) is 3.02. The number of rotatable bonds is 4. The number of hydrogen-bond acceptors (Lipinski definition) is 5. The lowest BCUT2D eigenvalue weighted by molar-refractivity contribution is -0.118. The van der Waals surface area contributed by atoms with Crippen molar-refractivity contribution in [2.24, 2.45) is 10.2 Å². The molecule has 1 amide bonds. The third-order valence-corrected chi connectivity index (χ3v) is 4.46. The van der Waals surface area contributed by atoms with E-state index in [1.165, 1.54) is 18.0 Å². The number of amidine groups is 1. The Kier molecular flexibility index (Phi) is 4.60. The van der Waals surface area contributed by atoms with Crippen LogP contribution in [0.15, 0.2) is 57.3 Å². The molecular weight excluding hydrogens is 322 g/mol. The number of halogens is 1. The van der Waals surface area contributed by atoms with Crippen LogP contribution >= 0.6 is 23.4 Å². The zero-order valence-electron chi connectivity index (χ0n) is 11.4. The molecule has 1 aromatic heterocycles. The van der Waals surface area contributed by atoms with Crippen molar-refractivity contribution in [1.82, 2.24) is 5.32 Å². The lowest BCUT2D eigenvalue weighted by Gasteiger charge is -2.06. The zero-order chi connectivity index (χ0) is 15.4. The summed E-state index contributed by atoms with van der Waals surface area (Å²) < 4.78 is 5.11. The topological polar surface area (TPSA) is 67.0 Å². The molecule has 0 saturated carbocycles. The molecule has 2 heterocycles. The molecule has 1 saturated heterocycles. The van der Waals surface area contributed by atoms with E-state index in [1.54, 1.807) is 18.4 Å². The van der Waals surface area contributed by atoms with Crippen molar-refractivity contribution >= 4 is 40.7 Å². The van der Waals surface area contributed by atoms with Gasteiger partial charge in [0.25, 0.3) is 0 Å². The molecule has 112 valence electrons. The van der Waals surface area contributed by atoms with E-state index >= 15 is 0 Å². The van der Waals surface area contributed by atoms with Gasteiger partial charge >= 0.3 is 0 Å². The predicted octanol–water partition coefficient (Wildman–Crippen LogP) is 3.10. The number of hydrogen-bond donors (Lipinski definition) is 1. The number of carbonyl (C=O) groups is 1. The maximum absolute atomic E-state index is 12.0. The van der Waals surface area contributed by atoms with Crippen molar-refractivity contribution in [2.45, 2.75) is 11.7 Å². The Bertz CT molecular complexity index is 728. The number of thioether (sulfide) groups is 1. The van der Waals surface area contributed by atoms with Crippen LogP contribution in [-0.2, 0) is 11.2 Å². The fourth-order valence-corrected chi connectivity index (χ4v) is 3.12. The fraction of sp³-hybridized carbons (Fsp3) is 0.133. The molecule has 0 aliphatic carbocycles. The molecule has 1 atom stereocenters. The highest BCUT2D eigenvalue weighted by atomic mass is 35.5. The number of nitrogens with zero attached hydrogens (tertiary/aromatic N) is 2. The summed E-state index contributed by atoms with van der Waals surface area (Å²) in [5.74, 6) is 0.517. The normalized spacial score (nSPS) is 20.0. The Labute approximate surface area is 136 Å². The molecule has 1 aliphatic rings. The van der Waals surface area contributed by atoms with Gasteiger partial charge in [0.15, 0.2) is 5.17 Å². The number of amides is 1. The molecular formula is C15H12ClN3O2S. The van der Waals surface area contributed by atoms with Gasteiger partial charge in [-0.25, -0.2) is 0 Å². The molecule has 1 aliphatic heterocycles. The summed E-state index contributed by atoms with van der Waals surface area (Å²) in [6.07, 6.45) is 3.60. The van der Waals surface area contributed by atoms with Crippen LogP contribution in [0.5, 0.6) is 0 Å². The summed E-state index contributed by atoms with van der Waals surface area (Å²) in [7, 11) is 0. The summed E-state index contributed by atoms with van der Waals surface area (Å²) in [5.41, 5.74) is 0.942. The number of furan rings is 1. The van der Waals surface area contributed by atoms with Gasteiger partial charge in [-0.05, 0) is 30.2 Å². The van der Waals surface area contributed by atoms with Gasteiger partial charge in [0.1, 0.15) is 5.76 Å². The Morgan fingerprint density at radius 2 is 2.18 bits per heavy atom. The summed E-state index contributed by atoms with van der Waals surface area (Å²) in [6, 6.07) is 11.0. The number of nitrogens with one attached hydrogen (secondary N) is 1. The van der Waals surface area contributed by atoms with E-state index in [4.69, 9.17) is 16.0 Å². The summed E-state index contributed by atoms with van der Waals surface area (Å²) >= 11 is 7.47. The molecule has 0 bridgehead atoms. The third kappa shape index (κ3) is 3.58. The zero-order valence-corrected chi connectivity index (χ0v) is 13.0. The highest BCUT2D eigenvalue weighted by Gasteiger charge is 2.30. The van der Waals surface area contributed by atoms with Crippen molar-refractivity contribution < 1.29 is 9.21 Å². The van der Waals surface area contributed by atoms with Gasteiger partial charge in [0.2, 0.25) is 5.91 Å². The monoisotopic (exact) mass is 333 g/mol. The lowest BCUT2D eigenvalue weighted by Crippen LogP contribution is -2.26. The van der Waals surface area contributed by atoms with E-state index in [0.29, 0.717) is 22.4 Å². The van der Waals surface area contributed by atoms with Gasteiger partial charge in [-0.1, -0.05) is 41.6 Å². The second kappa shape index (κ2) is 6.81. The molecule has 1 fully saturated rings. The predicted molar refractivity (Wildman–Crippen MR) is 88.4 cm³/mol. The van der Waals surface area contributed by atoms with Crippen molar-refractivity contribution in [3.05, 3.63) is 59.0 Å². The second-order valence-corrected chi connectivity index (χ2v) is 6.16. The van der Waals surface area contributed by atoms with Crippen molar-refractivity contribution in [3.8, 4) is 0 Å². The van der Waals surface area contributed by atoms with E-state index in [-0.39, 0.29) is 11.2 Å².